The summed E-state index contributed by atoms with van der Waals surface area (Å²) >= 11 is 0. The molecule has 0 N–H and O–H groups in total. The number of carbonyl (C=O) groups excluding carboxylic acids is 2. The maximum atomic E-state index is 13.3. The topological polar surface area (TPSA) is 68.7 Å². The third-order valence-electron chi connectivity index (χ3n) is 5.15. The third kappa shape index (κ3) is 3.57. The SMILES string of the molecule is COc1ccc(OC)c(-c2cc3c(c(/C=C/N(C)C)n2)C(=O)c2ccccc2C3=O)c1. The Bertz CT molecular complexity index is 1230. The van der Waals surface area contributed by atoms with Gasteiger partial charge in [-0.25, -0.2) is 4.98 Å². The summed E-state index contributed by atoms with van der Waals surface area (Å²) in [5.74, 6) is 0.815. The average Bonchev–Trinajstić information content (AvgIpc) is 2.80. The number of ketones is 2. The number of methoxy groups -OCH3 is 2. The standard InChI is InChI=1S/C25H22N2O4/c1-27(2)12-11-20-23-19(24(28)16-7-5-6-8-17(16)25(23)29)14-21(26-20)18-13-15(30-3)9-10-22(18)31-4/h5-14H,1-4H3/b12-11+. The number of rotatable bonds is 5. The van der Waals surface area contributed by atoms with Crippen molar-refractivity contribution in [3.8, 4) is 22.8 Å². The summed E-state index contributed by atoms with van der Waals surface area (Å²) in [5.41, 5.74) is 3.06. The van der Waals surface area contributed by atoms with Gasteiger partial charge in [-0.2, -0.15) is 0 Å². The Kier molecular flexibility index (Phi) is 5.29. The van der Waals surface area contributed by atoms with Crippen molar-refractivity contribution >= 4 is 17.6 Å². The van der Waals surface area contributed by atoms with E-state index in [-0.39, 0.29) is 11.6 Å². The molecule has 6 heteroatoms. The second kappa shape index (κ2) is 8.07. The first-order valence-electron chi connectivity index (χ1n) is 9.75. The van der Waals surface area contributed by atoms with Gasteiger partial charge in [0, 0.05) is 42.5 Å². The van der Waals surface area contributed by atoms with Gasteiger partial charge in [0.1, 0.15) is 11.5 Å². The van der Waals surface area contributed by atoms with Crippen LogP contribution in [0, 0.1) is 0 Å². The minimum absolute atomic E-state index is 0.199. The van der Waals surface area contributed by atoms with Gasteiger partial charge in [0.05, 0.1) is 31.2 Å². The molecule has 0 bridgehead atoms. The number of fused-ring (bicyclic) bond motifs is 2. The van der Waals surface area contributed by atoms with Crippen LogP contribution in [-0.2, 0) is 0 Å². The quantitative estimate of drug-likeness (QED) is 0.490. The Balaban J connectivity index is 2.00. The second-order valence-corrected chi connectivity index (χ2v) is 7.36. The number of pyridine rings is 1. The molecule has 3 aromatic rings. The van der Waals surface area contributed by atoms with Crippen molar-refractivity contribution < 1.29 is 19.1 Å². The molecule has 0 aliphatic heterocycles. The predicted molar refractivity (Wildman–Crippen MR) is 119 cm³/mol. The lowest BCUT2D eigenvalue weighted by Crippen LogP contribution is -2.23. The minimum Gasteiger partial charge on any atom is -0.497 e. The zero-order valence-corrected chi connectivity index (χ0v) is 17.8. The Morgan fingerprint density at radius 3 is 2.19 bits per heavy atom. The van der Waals surface area contributed by atoms with Crippen molar-refractivity contribution in [1.82, 2.24) is 9.88 Å². The number of hydrogen-bond donors (Lipinski definition) is 0. The molecule has 1 heterocycles. The summed E-state index contributed by atoms with van der Waals surface area (Å²) in [5, 5.41) is 0. The van der Waals surface area contributed by atoms with Crippen LogP contribution in [-0.4, -0.2) is 49.8 Å². The van der Waals surface area contributed by atoms with Gasteiger partial charge >= 0.3 is 0 Å². The zero-order valence-electron chi connectivity index (χ0n) is 17.8. The number of ether oxygens (including phenoxy) is 2. The van der Waals surface area contributed by atoms with Gasteiger partial charge in [0.25, 0.3) is 0 Å². The van der Waals surface area contributed by atoms with Gasteiger partial charge in [-0.05, 0) is 30.3 Å². The molecule has 0 spiro atoms. The van der Waals surface area contributed by atoms with Gasteiger partial charge in [0.15, 0.2) is 11.6 Å². The van der Waals surface area contributed by atoms with Gasteiger partial charge in [-0.3, -0.25) is 9.59 Å². The van der Waals surface area contributed by atoms with Crippen molar-refractivity contribution in [3.05, 3.63) is 82.7 Å². The lowest BCUT2D eigenvalue weighted by molar-refractivity contribution is 0.0978. The van der Waals surface area contributed by atoms with Crippen molar-refractivity contribution in [1.29, 1.82) is 0 Å². The van der Waals surface area contributed by atoms with Crippen LogP contribution in [0.3, 0.4) is 0 Å². The lowest BCUT2D eigenvalue weighted by Gasteiger charge is -2.20. The fourth-order valence-corrected chi connectivity index (χ4v) is 3.63. The number of nitrogens with zero attached hydrogens (tertiary/aromatic N) is 2. The van der Waals surface area contributed by atoms with E-state index in [0.717, 1.165) is 0 Å². The highest BCUT2D eigenvalue weighted by molar-refractivity contribution is 6.29. The summed E-state index contributed by atoms with van der Waals surface area (Å²) < 4.78 is 10.9. The van der Waals surface area contributed by atoms with E-state index in [1.807, 2.05) is 19.0 Å². The van der Waals surface area contributed by atoms with Crippen molar-refractivity contribution in [2.75, 3.05) is 28.3 Å². The predicted octanol–water partition coefficient (Wildman–Crippen LogP) is 4.07. The zero-order chi connectivity index (χ0) is 22.1. The molecule has 6 nitrogen and oxygen atoms in total. The highest BCUT2D eigenvalue weighted by Gasteiger charge is 2.32. The molecule has 0 atom stereocenters. The number of carbonyl (C=O) groups is 2. The third-order valence-corrected chi connectivity index (χ3v) is 5.15. The van der Waals surface area contributed by atoms with Gasteiger partial charge in [-0.1, -0.05) is 24.3 Å². The average molecular weight is 414 g/mol. The molecule has 0 saturated heterocycles. The van der Waals surface area contributed by atoms with E-state index in [1.165, 1.54) is 0 Å². The van der Waals surface area contributed by atoms with Crippen molar-refractivity contribution in [2.45, 2.75) is 0 Å². The molecular formula is C25H22N2O4. The van der Waals surface area contributed by atoms with E-state index < -0.39 is 0 Å². The maximum Gasteiger partial charge on any atom is 0.196 e. The number of benzene rings is 2. The molecule has 4 rings (SSSR count). The Labute approximate surface area is 180 Å². The monoisotopic (exact) mass is 414 g/mol. The van der Waals surface area contributed by atoms with Crippen LogP contribution in [0.4, 0.5) is 0 Å². The van der Waals surface area contributed by atoms with Crippen LogP contribution in [0.5, 0.6) is 11.5 Å². The highest BCUT2D eigenvalue weighted by Crippen LogP contribution is 2.37. The van der Waals surface area contributed by atoms with Crippen LogP contribution in [0.15, 0.2) is 54.7 Å². The molecule has 1 aromatic heterocycles. The van der Waals surface area contributed by atoms with E-state index in [1.54, 1.807) is 75.0 Å². The fourth-order valence-electron chi connectivity index (χ4n) is 3.63. The van der Waals surface area contributed by atoms with Crippen LogP contribution < -0.4 is 9.47 Å². The van der Waals surface area contributed by atoms with Gasteiger partial charge in [0.2, 0.25) is 0 Å². The van der Waals surface area contributed by atoms with Crippen molar-refractivity contribution in [3.63, 3.8) is 0 Å². The molecule has 2 aromatic carbocycles. The van der Waals surface area contributed by atoms with E-state index in [4.69, 9.17) is 14.5 Å². The molecule has 0 radical (unpaired) electrons. The molecule has 156 valence electrons. The lowest BCUT2D eigenvalue weighted by atomic mass is 9.82. The highest BCUT2D eigenvalue weighted by atomic mass is 16.5. The van der Waals surface area contributed by atoms with Crippen LogP contribution in [0.2, 0.25) is 0 Å². The molecule has 0 amide bonds. The van der Waals surface area contributed by atoms with E-state index in [2.05, 4.69) is 0 Å². The molecule has 0 fully saturated rings. The Morgan fingerprint density at radius 1 is 0.839 bits per heavy atom. The van der Waals surface area contributed by atoms with Crippen LogP contribution in [0.1, 0.15) is 37.5 Å². The normalized spacial score (nSPS) is 12.5. The van der Waals surface area contributed by atoms with Crippen LogP contribution in [0.25, 0.3) is 17.3 Å². The van der Waals surface area contributed by atoms with E-state index in [9.17, 15) is 9.59 Å². The van der Waals surface area contributed by atoms with Gasteiger partial charge in [-0.15, -0.1) is 0 Å². The first kappa shape index (κ1) is 20.3. The molecule has 0 saturated carbocycles. The summed E-state index contributed by atoms with van der Waals surface area (Å²) in [6.45, 7) is 0. The summed E-state index contributed by atoms with van der Waals surface area (Å²) in [4.78, 5) is 33.2. The van der Waals surface area contributed by atoms with Crippen LogP contribution >= 0.6 is 0 Å². The second-order valence-electron chi connectivity index (χ2n) is 7.36. The van der Waals surface area contributed by atoms with E-state index in [0.29, 0.717) is 50.7 Å². The fraction of sp³-hybridized carbons (Fsp3) is 0.160. The van der Waals surface area contributed by atoms with E-state index >= 15 is 0 Å². The molecule has 0 unspecified atom stereocenters. The summed E-state index contributed by atoms with van der Waals surface area (Å²) in [6, 6.07) is 13.9. The minimum atomic E-state index is -0.208. The first-order valence-corrected chi connectivity index (χ1v) is 9.75. The Morgan fingerprint density at radius 2 is 1.55 bits per heavy atom. The maximum absolute atomic E-state index is 13.3. The largest absolute Gasteiger partial charge is 0.497 e. The summed E-state index contributed by atoms with van der Waals surface area (Å²) in [7, 11) is 6.90. The molecule has 1 aliphatic carbocycles. The first-order chi connectivity index (χ1) is 14.9. The van der Waals surface area contributed by atoms with Gasteiger partial charge < -0.3 is 14.4 Å². The number of aromatic nitrogens is 1. The molecule has 1 aliphatic rings. The molecule has 31 heavy (non-hydrogen) atoms. The number of hydrogen-bond acceptors (Lipinski definition) is 6. The smallest absolute Gasteiger partial charge is 0.196 e. The van der Waals surface area contributed by atoms with Crippen molar-refractivity contribution in [2.24, 2.45) is 0 Å². The molecular weight excluding hydrogens is 392 g/mol. The Hall–Kier alpha value is -3.93. The summed E-state index contributed by atoms with van der Waals surface area (Å²) in [6.07, 6.45) is 3.54.